The lowest BCUT2D eigenvalue weighted by Crippen LogP contribution is -2.34. The van der Waals surface area contributed by atoms with Crippen molar-refractivity contribution in [3.63, 3.8) is 0 Å². The smallest absolute Gasteiger partial charge is 0.170 e. The number of hydrogen-bond acceptors (Lipinski definition) is 0. The predicted molar refractivity (Wildman–Crippen MR) is 50.8 cm³/mol. The number of halogens is 6. The average Bonchev–Trinajstić information content (AvgIpc) is 2.06. The fraction of sp³-hybridized carbons (Fsp3) is 0.455. The zero-order valence-electron chi connectivity index (χ0n) is 9.08. The maximum absolute atomic E-state index is 12.4. The summed E-state index contributed by atoms with van der Waals surface area (Å²) in [5.41, 5.74) is 0.283. The van der Waals surface area contributed by atoms with Crippen molar-refractivity contribution in [1.29, 1.82) is 0 Å². The molecule has 1 aromatic carbocycles. The second kappa shape index (κ2) is 4.23. The van der Waals surface area contributed by atoms with Crippen molar-refractivity contribution in [2.24, 2.45) is 0 Å². The van der Waals surface area contributed by atoms with E-state index in [9.17, 15) is 26.3 Å². The lowest BCUT2D eigenvalue weighted by Gasteiger charge is -2.23. The second-order valence-corrected chi connectivity index (χ2v) is 3.86. The molecule has 0 amide bonds. The van der Waals surface area contributed by atoms with E-state index >= 15 is 0 Å². The van der Waals surface area contributed by atoms with Crippen molar-refractivity contribution in [3.8, 4) is 0 Å². The Kier molecular flexibility index (Phi) is 3.45. The van der Waals surface area contributed by atoms with Crippen molar-refractivity contribution in [2.75, 3.05) is 0 Å². The third kappa shape index (κ3) is 3.14. The van der Waals surface area contributed by atoms with Crippen LogP contribution in [0.15, 0.2) is 18.2 Å². The van der Waals surface area contributed by atoms with Gasteiger partial charge in [-0.15, -0.1) is 0 Å². The topological polar surface area (TPSA) is 0 Å². The van der Waals surface area contributed by atoms with Crippen LogP contribution in [-0.2, 0) is 0 Å². The van der Waals surface area contributed by atoms with E-state index in [0.717, 1.165) is 12.1 Å². The minimum absolute atomic E-state index is 0.404. The lowest BCUT2D eigenvalue weighted by molar-refractivity contribution is -0.253. The van der Waals surface area contributed by atoms with Gasteiger partial charge >= 0.3 is 12.4 Å². The fourth-order valence-corrected chi connectivity index (χ4v) is 1.51. The average molecular weight is 256 g/mol. The Hall–Kier alpha value is -1.20. The van der Waals surface area contributed by atoms with Gasteiger partial charge in [0.05, 0.1) is 0 Å². The van der Waals surface area contributed by atoms with E-state index in [2.05, 4.69) is 0 Å². The molecule has 0 fully saturated rings. The van der Waals surface area contributed by atoms with Crippen molar-refractivity contribution >= 4 is 0 Å². The van der Waals surface area contributed by atoms with Crippen molar-refractivity contribution in [1.82, 2.24) is 0 Å². The highest BCUT2D eigenvalue weighted by atomic mass is 19.4. The van der Waals surface area contributed by atoms with Gasteiger partial charge in [-0.3, -0.25) is 0 Å². The zero-order valence-corrected chi connectivity index (χ0v) is 9.08. The molecule has 0 saturated carbocycles. The van der Waals surface area contributed by atoms with Gasteiger partial charge in [-0.05, 0) is 30.5 Å². The summed E-state index contributed by atoms with van der Waals surface area (Å²) in [7, 11) is 0. The van der Waals surface area contributed by atoms with Gasteiger partial charge in [0, 0.05) is 0 Å². The van der Waals surface area contributed by atoms with Crippen LogP contribution in [0, 0.1) is 13.8 Å². The minimum Gasteiger partial charge on any atom is -0.170 e. The molecule has 0 heterocycles. The summed E-state index contributed by atoms with van der Waals surface area (Å²) in [6.45, 7) is 3.10. The monoisotopic (exact) mass is 256 g/mol. The maximum atomic E-state index is 12.4. The number of alkyl halides is 6. The van der Waals surface area contributed by atoms with E-state index in [0.29, 0.717) is 11.1 Å². The number of aryl methyl sites for hydroxylation is 2. The first-order valence-electron chi connectivity index (χ1n) is 4.74. The fourth-order valence-electron chi connectivity index (χ4n) is 1.51. The number of benzene rings is 1. The van der Waals surface area contributed by atoms with Crippen LogP contribution in [0.1, 0.15) is 22.6 Å². The van der Waals surface area contributed by atoms with Gasteiger partial charge in [0.1, 0.15) is 0 Å². The third-order valence-corrected chi connectivity index (χ3v) is 2.52. The zero-order chi connectivity index (χ0) is 13.4. The van der Waals surface area contributed by atoms with Crippen LogP contribution in [0.3, 0.4) is 0 Å². The highest BCUT2D eigenvalue weighted by Crippen LogP contribution is 2.46. The van der Waals surface area contributed by atoms with Crippen LogP contribution in [0.5, 0.6) is 0 Å². The Morgan fingerprint density at radius 1 is 0.824 bits per heavy atom. The van der Waals surface area contributed by atoms with E-state index in [4.69, 9.17) is 0 Å². The molecule has 0 aliphatic rings. The molecule has 0 aliphatic heterocycles. The first-order valence-corrected chi connectivity index (χ1v) is 4.74. The SMILES string of the molecule is Cc1ccc(C(C(F)(F)F)C(F)(F)F)cc1C. The highest BCUT2D eigenvalue weighted by molar-refractivity contribution is 5.33. The quantitative estimate of drug-likeness (QED) is 0.648. The van der Waals surface area contributed by atoms with Crippen LogP contribution in [0.4, 0.5) is 26.3 Å². The molecule has 0 spiro atoms. The second-order valence-electron chi connectivity index (χ2n) is 3.86. The Bertz CT molecular complexity index is 387. The predicted octanol–water partition coefficient (Wildman–Crippen LogP) is 4.51. The maximum Gasteiger partial charge on any atom is 0.404 e. The summed E-state index contributed by atoms with van der Waals surface area (Å²) < 4.78 is 74.5. The summed E-state index contributed by atoms with van der Waals surface area (Å²) in [5, 5.41) is 0. The standard InChI is InChI=1S/C11H10F6/c1-6-3-4-8(5-7(6)2)9(10(12,13)14)11(15,16)17/h3-5,9H,1-2H3. The summed E-state index contributed by atoms with van der Waals surface area (Å²) in [6.07, 6.45) is -10.7. The van der Waals surface area contributed by atoms with Crippen molar-refractivity contribution < 1.29 is 26.3 Å². The van der Waals surface area contributed by atoms with Crippen LogP contribution >= 0.6 is 0 Å². The van der Waals surface area contributed by atoms with Crippen LogP contribution < -0.4 is 0 Å². The third-order valence-electron chi connectivity index (χ3n) is 2.52. The molecule has 0 nitrogen and oxygen atoms in total. The highest BCUT2D eigenvalue weighted by Gasteiger charge is 2.57. The van der Waals surface area contributed by atoms with Gasteiger partial charge in [-0.1, -0.05) is 18.2 Å². The van der Waals surface area contributed by atoms with Gasteiger partial charge in [-0.25, -0.2) is 0 Å². The first kappa shape index (κ1) is 13.9. The molecule has 0 unspecified atom stereocenters. The Morgan fingerprint density at radius 2 is 1.29 bits per heavy atom. The molecule has 96 valence electrons. The van der Waals surface area contributed by atoms with Gasteiger partial charge in [-0.2, -0.15) is 26.3 Å². The van der Waals surface area contributed by atoms with Gasteiger partial charge in [0.2, 0.25) is 0 Å². The van der Waals surface area contributed by atoms with E-state index in [1.165, 1.54) is 13.0 Å². The van der Waals surface area contributed by atoms with E-state index in [1.807, 2.05) is 0 Å². The van der Waals surface area contributed by atoms with E-state index in [1.54, 1.807) is 6.92 Å². The molecule has 0 aliphatic carbocycles. The van der Waals surface area contributed by atoms with Crippen LogP contribution in [0.25, 0.3) is 0 Å². The Labute approximate surface area is 94.2 Å². The molecule has 0 saturated heterocycles. The van der Waals surface area contributed by atoms with Crippen molar-refractivity contribution in [2.45, 2.75) is 32.1 Å². The molecule has 0 atom stereocenters. The Balaban J connectivity index is 3.29. The summed E-state index contributed by atoms with van der Waals surface area (Å²) >= 11 is 0. The first-order chi connectivity index (χ1) is 7.53. The van der Waals surface area contributed by atoms with Gasteiger partial charge < -0.3 is 0 Å². The molecule has 0 aromatic heterocycles. The van der Waals surface area contributed by atoms with Gasteiger partial charge in [0.15, 0.2) is 5.92 Å². The van der Waals surface area contributed by atoms with Gasteiger partial charge in [0.25, 0.3) is 0 Å². The molecular formula is C11H10F6. The minimum atomic E-state index is -5.33. The van der Waals surface area contributed by atoms with E-state index < -0.39 is 23.8 Å². The number of rotatable bonds is 1. The molecule has 0 N–H and O–H groups in total. The molecule has 17 heavy (non-hydrogen) atoms. The molecule has 1 aromatic rings. The lowest BCUT2D eigenvalue weighted by atomic mass is 9.94. The van der Waals surface area contributed by atoms with E-state index in [-0.39, 0.29) is 0 Å². The van der Waals surface area contributed by atoms with Crippen LogP contribution in [-0.4, -0.2) is 12.4 Å². The largest absolute Gasteiger partial charge is 0.404 e. The molecule has 0 radical (unpaired) electrons. The molecule has 0 bridgehead atoms. The summed E-state index contributed by atoms with van der Waals surface area (Å²) in [5.74, 6) is -3.42. The number of hydrogen-bond donors (Lipinski definition) is 0. The normalized spacial score (nSPS) is 13.2. The molecule has 1 rings (SSSR count). The van der Waals surface area contributed by atoms with Crippen molar-refractivity contribution in [3.05, 3.63) is 34.9 Å². The summed E-state index contributed by atoms with van der Waals surface area (Å²) in [6, 6.07) is 3.06. The molecular weight excluding hydrogens is 246 g/mol. The molecule has 6 heteroatoms. The Morgan fingerprint density at radius 3 is 1.65 bits per heavy atom. The summed E-state index contributed by atoms with van der Waals surface area (Å²) in [4.78, 5) is 0. The van der Waals surface area contributed by atoms with Crippen LogP contribution in [0.2, 0.25) is 0 Å².